The second kappa shape index (κ2) is 3.70. The lowest BCUT2D eigenvalue weighted by molar-refractivity contribution is 0.732. The van der Waals surface area contributed by atoms with E-state index in [1.807, 2.05) is 6.92 Å². The Hall–Kier alpha value is -0.850. The summed E-state index contributed by atoms with van der Waals surface area (Å²) in [6.45, 7) is 5.46. The summed E-state index contributed by atoms with van der Waals surface area (Å²) in [5.74, 6) is 5.54. The number of aryl methyl sites for hydroxylation is 1. The van der Waals surface area contributed by atoms with Crippen molar-refractivity contribution in [3.8, 4) is 0 Å². The maximum Gasteiger partial charge on any atom is 0.185 e. The zero-order valence-corrected chi connectivity index (χ0v) is 8.82. The molecule has 0 aromatic carbocycles. The zero-order valence-electron chi connectivity index (χ0n) is 6.66. The Kier molecular flexibility index (Phi) is 2.85. The number of nitrogen functional groups attached to an aromatic ring is 1. The maximum atomic E-state index is 5.54. The monoisotopic (exact) mass is 276 g/mol. The summed E-state index contributed by atoms with van der Waals surface area (Å²) in [6.07, 6.45) is 3.14. The molecule has 0 saturated carbocycles. The average molecular weight is 276 g/mol. The van der Waals surface area contributed by atoms with Gasteiger partial charge in [0.1, 0.15) is 0 Å². The van der Waals surface area contributed by atoms with E-state index in [0.717, 1.165) is 9.13 Å². The van der Waals surface area contributed by atoms with E-state index in [-0.39, 0.29) is 0 Å². The summed E-state index contributed by atoms with van der Waals surface area (Å²) in [5, 5.41) is 3.91. The van der Waals surface area contributed by atoms with Crippen LogP contribution in [-0.2, 0) is 0 Å². The summed E-state index contributed by atoms with van der Waals surface area (Å²) >= 11 is 2.17. The topological polar surface area (TPSA) is 56.2 Å². The van der Waals surface area contributed by atoms with Gasteiger partial charge in [-0.05, 0) is 35.1 Å². The van der Waals surface area contributed by atoms with E-state index in [1.54, 1.807) is 6.20 Å². The van der Waals surface area contributed by atoms with Crippen molar-refractivity contribution in [1.29, 1.82) is 0 Å². The number of hydrogen-bond acceptors (Lipinski definition) is 3. The van der Waals surface area contributed by atoms with E-state index in [0.29, 0.717) is 5.49 Å². The molecule has 0 atom stereocenters. The summed E-state index contributed by atoms with van der Waals surface area (Å²) in [5.41, 5.74) is 1.68. The number of rotatable bonds is 1. The lowest BCUT2D eigenvalue weighted by atomic mass is 10.3. The van der Waals surface area contributed by atoms with E-state index in [2.05, 4.69) is 39.3 Å². The second-order valence-corrected chi connectivity index (χ2v) is 3.30. The van der Waals surface area contributed by atoms with Crippen molar-refractivity contribution in [2.24, 2.45) is 4.99 Å². The van der Waals surface area contributed by atoms with Crippen LogP contribution in [0.1, 0.15) is 5.56 Å². The summed E-state index contributed by atoms with van der Waals surface area (Å²) in [4.78, 5) is 5.23. The van der Waals surface area contributed by atoms with Gasteiger partial charge in [-0.2, -0.15) is 9.89 Å². The first-order chi connectivity index (χ1) is 5.66. The number of nitrogens with two attached hydrogens (primary N) is 1. The lowest BCUT2D eigenvalue weighted by Crippen LogP contribution is -2.32. The van der Waals surface area contributed by atoms with E-state index in [1.165, 1.54) is 11.0 Å². The van der Waals surface area contributed by atoms with Crippen LogP contribution in [-0.4, -0.2) is 9.89 Å². The maximum absolute atomic E-state index is 5.54. The minimum absolute atomic E-state index is 0.630. The molecule has 0 aliphatic carbocycles. The predicted molar refractivity (Wildman–Crippen MR) is 55.6 cm³/mol. The molecule has 1 aromatic rings. The SMILES string of the molecule is C=CN=c1c(I)c(C)cnn1N. The van der Waals surface area contributed by atoms with Crippen LogP contribution in [0.25, 0.3) is 0 Å². The molecule has 64 valence electrons. The van der Waals surface area contributed by atoms with Crippen molar-refractivity contribution in [3.63, 3.8) is 0 Å². The molecule has 4 nitrogen and oxygen atoms in total. The van der Waals surface area contributed by atoms with Gasteiger partial charge in [0, 0.05) is 6.20 Å². The Morgan fingerprint density at radius 2 is 2.50 bits per heavy atom. The highest BCUT2D eigenvalue weighted by Gasteiger charge is 1.99. The molecule has 0 bridgehead atoms. The van der Waals surface area contributed by atoms with Gasteiger partial charge in [0.05, 0.1) is 9.77 Å². The molecule has 0 spiro atoms. The lowest BCUT2D eigenvalue weighted by Gasteiger charge is -2.01. The third-order valence-corrected chi connectivity index (χ3v) is 2.68. The highest BCUT2D eigenvalue weighted by molar-refractivity contribution is 14.1. The van der Waals surface area contributed by atoms with Crippen LogP contribution in [0.3, 0.4) is 0 Å². The molecule has 1 heterocycles. The highest BCUT2D eigenvalue weighted by atomic mass is 127. The van der Waals surface area contributed by atoms with Crippen molar-refractivity contribution in [2.45, 2.75) is 6.92 Å². The van der Waals surface area contributed by atoms with Crippen LogP contribution in [0.4, 0.5) is 0 Å². The molecular weight excluding hydrogens is 267 g/mol. The van der Waals surface area contributed by atoms with E-state index < -0.39 is 0 Å². The highest BCUT2D eigenvalue weighted by Crippen LogP contribution is 2.01. The minimum atomic E-state index is 0.630. The van der Waals surface area contributed by atoms with Gasteiger partial charge >= 0.3 is 0 Å². The second-order valence-electron chi connectivity index (χ2n) is 2.22. The van der Waals surface area contributed by atoms with Crippen molar-refractivity contribution >= 4 is 22.6 Å². The Balaban J connectivity index is 3.54. The smallest absolute Gasteiger partial charge is 0.185 e. The fourth-order valence-corrected chi connectivity index (χ4v) is 1.27. The van der Waals surface area contributed by atoms with E-state index >= 15 is 0 Å². The Bertz CT molecular complexity index is 366. The molecule has 12 heavy (non-hydrogen) atoms. The molecular formula is C7H9IN4. The molecule has 0 aliphatic heterocycles. The Morgan fingerprint density at radius 3 is 3.08 bits per heavy atom. The molecule has 1 rings (SSSR count). The quantitative estimate of drug-likeness (QED) is 0.601. The van der Waals surface area contributed by atoms with Gasteiger partial charge in [0.2, 0.25) is 0 Å². The van der Waals surface area contributed by atoms with Crippen molar-refractivity contribution in [3.05, 3.63) is 33.6 Å². The van der Waals surface area contributed by atoms with E-state index in [9.17, 15) is 0 Å². The molecule has 2 N–H and O–H groups in total. The van der Waals surface area contributed by atoms with Crippen molar-refractivity contribution in [1.82, 2.24) is 9.89 Å². The van der Waals surface area contributed by atoms with Gasteiger partial charge in [-0.15, -0.1) is 0 Å². The fourth-order valence-electron chi connectivity index (χ4n) is 0.739. The molecule has 0 unspecified atom stereocenters. The van der Waals surface area contributed by atoms with Crippen LogP contribution in [0, 0.1) is 10.5 Å². The minimum Gasteiger partial charge on any atom is -0.321 e. The fraction of sp³-hybridized carbons (Fsp3) is 0.143. The summed E-state index contributed by atoms with van der Waals surface area (Å²) in [7, 11) is 0. The van der Waals surface area contributed by atoms with Crippen LogP contribution < -0.4 is 11.3 Å². The van der Waals surface area contributed by atoms with Gasteiger partial charge in [0.15, 0.2) is 5.49 Å². The van der Waals surface area contributed by atoms with Crippen LogP contribution in [0.2, 0.25) is 0 Å². The third-order valence-electron chi connectivity index (χ3n) is 1.35. The molecule has 0 aliphatic rings. The van der Waals surface area contributed by atoms with Gasteiger partial charge in [0.25, 0.3) is 0 Å². The van der Waals surface area contributed by atoms with Gasteiger partial charge in [-0.25, -0.2) is 4.99 Å². The molecule has 0 fully saturated rings. The first-order valence-electron chi connectivity index (χ1n) is 3.31. The van der Waals surface area contributed by atoms with Gasteiger partial charge in [-0.1, -0.05) is 6.58 Å². The normalized spacial score (nSPS) is 11.7. The van der Waals surface area contributed by atoms with Crippen molar-refractivity contribution < 1.29 is 0 Å². The first-order valence-corrected chi connectivity index (χ1v) is 4.39. The third kappa shape index (κ3) is 1.66. The summed E-state index contributed by atoms with van der Waals surface area (Å²) < 4.78 is 0.991. The molecule has 0 amide bonds. The molecule has 0 radical (unpaired) electrons. The molecule has 0 saturated heterocycles. The van der Waals surface area contributed by atoms with Crippen LogP contribution in [0.15, 0.2) is 24.0 Å². The first kappa shape index (κ1) is 9.24. The standard InChI is InChI=1S/C7H9IN4/c1-3-10-7-6(8)5(2)4-11-12(7)9/h3-4H,1,9H2,2H3. The molecule has 5 heteroatoms. The number of hydrogen-bond donors (Lipinski definition) is 1. The van der Waals surface area contributed by atoms with Gasteiger partial charge < -0.3 is 5.84 Å². The number of aromatic nitrogens is 2. The average Bonchev–Trinajstić information content (AvgIpc) is 2.06. The molecule has 1 aromatic heterocycles. The van der Waals surface area contributed by atoms with Crippen LogP contribution in [0.5, 0.6) is 0 Å². The van der Waals surface area contributed by atoms with Crippen LogP contribution >= 0.6 is 22.6 Å². The largest absolute Gasteiger partial charge is 0.321 e. The van der Waals surface area contributed by atoms with Gasteiger partial charge in [-0.3, -0.25) is 0 Å². The van der Waals surface area contributed by atoms with E-state index in [4.69, 9.17) is 5.84 Å². The zero-order chi connectivity index (χ0) is 9.14. The Labute approximate surface area is 83.9 Å². The Morgan fingerprint density at radius 1 is 1.83 bits per heavy atom. The number of halogens is 1. The number of nitrogens with zero attached hydrogens (tertiary/aromatic N) is 3. The predicted octanol–water partition coefficient (Wildman–Crippen LogP) is 0.554. The van der Waals surface area contributed by atoms with Crippen molar-refractivity contribution in [2.75, 3.05) is 5.84 Å². The summed E-state index contributed by atoms with van der Waals surface area (Å²) in [6, 6.07) is 0.